The van der Waals surface area contributed by atoms with Crippen LogP contribution in [-0.2, 0) is 14.3 Å². The van der Waals surface area contributed by atoms with Gasteiger partial charge in [0.2, 0.25) is 5.91 Å². The summed E-state index contributed by atoms with van der Waals surface area (Å²) in [5.41, 5.74) is 0. The van der Waals surface area contributed by atoms with Crippen LogP contribution in [0.2, 0.25) is 0 Å². The summed E-state index contributed by atoms with van der Waals surface area (Å²) < 4.78 is 5.87. The van der Waals surface area contributed by atoms with Crippen LogP contribution in [0.5, 0.6) is 0 Å². The smallest absolute Gasteiger partial charge is 0.306 e. The van der Waals surface area contributed by atoms with E-state index >= 15 is 0 Å². The minimum absolute atomic E-state index is 0.000746. The number of aliphatic hydroxyl groups is 2. The van der Waals surface area contributed by atoms with Gasteiger partial charge < -0.3 is 20.3 Å². The summed E-state index contributed by atoms with van der Waals surface area (Å²) in [5.74, 6) is -0.574. The number of hydrogen-bond donors (Lipinski definition) is 3. The number of allylic oxidation sites excluding steroid dienone is 9. The van der Waals surface area contributed by atoms with Crippen molar-refractivity contribution in [3.05, 3.63) is 60.8 Å². The monoisotopic (exact) mass is 854 g/mol. The predicted octanol–water partition coefficient (Wildman–Crippen LogP) is 15.6. The van der Waals surface area contributed by atoms with Gasteiger partial charge >= 0.3 is 5.97 Å². The lowest BCUT2D eigenvalue weighted by Crippen LogP contribution is -2.46. The average molecular weight is 854 g/mol. The van der Waals surface area contributed by atoms with Crippen molar-refractivity contribution in [3.63, 3.8) is 0 Å². The molecule has 354 valence electrons. The second-order valence-electron chi connectivity index (χ2n) is 17.6. The molecule has 0 radical (unpaired) electrons. The highest BCUT2D eigenvalue weighted by molar-refractivity contribution is 5.77. The van der Waals surface area contributed by atoms with Gasteiger partial charge in [0.1, 0.15) is 6.10 Å². The lowest BCUT2D eigenvalue weighted by molar-refractivity contribution is -0.150. The van der Waals surface area contributed by atoms with E-state index in [4.69, 9.17) is 4.74 Å². The molecule has 61 heavy (non-hydrogen) atoms. The van der Waals surface area contributed by atoms with Gasteiger partial charge in [-0.3, -0.25) is 9.59 Å². The normalized spacial score (nSPS) is 13.7. The highest BCUT2D eigenvalue weighted by Gasteiger charge is 2.23. The number of aliphatic hydroxyl groups excluding tert-OH is 2. The second kappa shape index (κ2) is 48.6. The third-order valence-electron chi connectivity index (χ3n) is 11.6. The molecule has 6 heteroatoms. The number of carbonyl (C=O) groups is 2. The van der Waals surface area contributed by atoms with Crippen LogP contribution in [-0.4, -0.2) is 46.9 Å². The van der Waals surface area contributed by atoms with E-state index in [0.29, 0.717) is 19.3 Å². The van der Waals surface area contributed by atoms with Gasteiger partial charge in [-0.2, -0.15) is 0 Å². The molecule has 0 aromatic carbocycles. The van der Waals surface area contributed by atoms with Gasteiger partial charge in [-0.15, -0.1) is 0 Å². The van der Waals surface area contributed by atoms with Crippen molar-refractivity contribution >= 4 is 11.9 Å². The minimum atomic E-state index is -0.811. The number of ether oxygens (including phenoxy) is 1. The summed E-state index contributed by atoms with van der Waals surface area (Å²) in [4.78, 5) is 26.1. The quantitative estimate of drug-likeness (QED) is 0.0322. The Morgan fingerprint density at radius 2 is 0.852 bits per heavy atom. The molecule has 3 N–H and O–H groups in total. The fourth-order valence-electron chi connectivity index (χ4n) is 7.69. The standard InChI is InChI=1S/C55H99NO5/c1-4-7-10-13-16-19-22-25-27-29-31-34-37-40-43-46-51(61-55(60)48-45-42-39-36-33-30-26-23-20-17-14-11-8-5-2)49-54(59)56-52(50-57)53(58)47-44-41-38-35-32-28-24-21-18-15-12-9-6-3/h7,10,16,19,25,27,31,34,40,43,51-53,57-58H,4-6,8-9,11-15,17-18,20-24,26,28-30,32-33,35-39,41-42,44-50H2,1-3H3,(H,56,59)/b10-7-,19-16-,27-25-,34-31-,43-40-. The van der Waals surface area contributed by atoms with E-state index in [-0.39, 0.29) is 24.9 Å². The van der Waals surface area contributed by atoms with Crippen LogP contribution in [0, 0.1) is 0 Å². The molecule has 1 amide bonds. The highest BCUT2D eigenvalue weighted by atomic mass is 16.5. The summed E-state index contributed by atoms with van der Waals surface area (Å²) >= 11 is 0. The molecule has 0 fully saturated rings. The Bertz CT molecular complexity index is 1090. The Morgan fingerprint density at radius 1 is 0.492 bits per heavy atom. The lowest BCUT2D eigenvalue weighted by atomic mass is 10.0. The topological polar surface area (TPSA) is 95.9 Å². The summed E-state index contributed by atoms with van der Waals surface area (Å²) in [5, 5.41) is 23.7. The van der Waals surface area contributed by atoms with Crippen LogP contribution >= 0.6 is 0 Å². The molecule has 6 nitrogen and oxygen atoms in total. The minimum Gasteiger partial charge on any atom is -0.461 e. The summed E-state index contributed by atoms with van der Waals surface area (Å²) in [6, 6.07) is -0.731. The molecule has 0 saturated carbocycles. The molecule has 0 heterocycles. The SMILES string of the molecule is CC/C=C\C/C=C\C/C=C\C/C=C\C/C=C\CC(CC(=O)NC(CO)C(O)CCCCCCCCCCCCCCC)OC(=O)CCCCCCCCCCCCCCCC. The number of nitrogens with one attached hydrogen (secondary N) is 1. The molecule has 3 atom stereocenters. The Balaban J connectivity index is 4.70. The van der Waals surface area contributed by atoms with Crippen LogP contribution in [0.4, 0.5) is 0 Å². The molecule has 0 rings (SSSR count). The molecule has 3 unspecified atom stereocenters. The maximum Gasteiger partial charge on any atom is 0.306 e. The van der Waals surface area contributed by atoms with Crippen molar-refractivity contribution in [1.29, 1.82) is 0 Å². The number of hydrogen-bond acceptors (Lipinski definition) is 5. The first-order chi connectivity index (χ1) is 30.0. The fraction of sp³-hybridized carbons (Fsp3) is 0.782. The number of amides is 1. The maximum atomic E-state index is 13.2. The molecule has 0 aromatic rings. The maximum absolute atomic E-state index is 13.2. The van der Waals surface area contributed by atoms with Crippen LogP contribution < -0.4 is 5.32 Å². The Labute approximate surface area is 378 Å². The molecular weight excluding hydrogens is 755 g/mol. The van der Waals surface area contributed by atoms with E-state index in [0.717, 1.165) is 70.6 Å². The first-order valence-corrected chi connectivity index (χ1v) is 26.0. The van der Waals surface area contributed by atoms with E-state index in [1.54, 1.807) is 0 Å². The van der Waals surface area contributed by atoms with Gasteiger partial charge in [0.05, 0.1) is 25.2 Å². The number of rotatable bonds is 46. The van der Waals surface area contributed by atoms with Crippen molar-refractivity contribution < 1.29 is 24.5 Å². The van der Waals surface area contributed by atoms with Gasteiger partial charge in [0.15, 0.2) is 0 Å². The second-order valence-corrected chi connectivity index (χ2v) is 17.6. The van der Waals surface area contributed by atoms with Gasteiger partial charge in [-0.25, -0.2) is 0 Å². The molecular formula is C55H99NO5. The highest BCUT2D eigenvalue weighted by Crippen LogP contribution is 2.17. The average Bonchev–Trinajstić information content (AvgIpc) is 3.25. The van der Waals surface area contributed by atoms with E-state index in [9.17, 15) is 19.8 Å². The molecule has 0 aliphatic heterocycles. The fourth-order valence-corrected chi connectivity index (χ4v) is 7.69. The zero-order chi connectivity index (χ0) is 44.5. The molecule has 0 aliphatic carbocycles. The van der Waals surface area contributed by atoms with Crippen molar-refractivity contribution in [2.24, 2.45) is 0 Å². The Kier molecular flexibility index (Phi) is 46.6. The summed E-state index contributed by atoms with van der Waals surface area (Å²) in [6.45, 7) is 6.35. The van der Waals surface area contributed by atoms with E-state index in [1.165, 1.54) is 135 Å². The van der Waals surface area contributed by atoms with Crippen molar-refractivity contribution in [2.75, 3.05) is 6.61 Å². The van der Waals surface area contributed by atoms with Gasteiger partial charge in [-0.05, 0) is 44.9 Å². The van der Waals surface area contributed by atoms with Crippen LogP contribution in [0.3, 0.4) is 0 Å². The van der Waals surface area contributed by atoms with Crippen molar-refractivity contribution in [1.82, 2.24) is 5.32 Å². The number of unbranched alkanes of at least 4 members (excludes halogenated alkanes) is 25. The van der Waals surface area contributed by atoms with Crippen LogP contribution in [0.25, 0.3) is 0 Å². The van der Waals surface area contributed by atoms with Crippen molar-refractivity contribution in [3.8, 4) is 0 Å². The van der Waals surface area contributed by atoms with Gasteiger partial charge in [0, 0.05) is 12.8 Å². The zero-order valence-corrected chi connectivity index (χ0v) is 40.3. The first-order valence-electron chi connectivity index (χ1n) is 26.0. The van der Waals surface area contributed by atoms with Gasteiger partial charge in [-0.1, -0.05) is 248 Å². The van der Waals surface area contributed by atoms with E-state index in [2.05, 4.69) is 80.8 Å². The summed E-state index contributed by atoms with van der Waals surface area (Å²) in [7, 11) is 0. The van der Waals surface area contributed by atoms with E-state index in [1.807, 2.05) is 6.08 Å². The third kappa shape index (κ3) is 44.0. The largest absolute Gasteiger partial charge is 0.461 e. The molecule has 0 bridgehead atoms. The van der Waals surface area contributed by atoms with Crippen LogP contribution in [0.1, 0.15) is 252 Å². The van der Waals surface area contributed by atoms with Crippen molar-refractivity contribution in [2.45, 2.75) is 270 Å². The summed E-state index contributed by atoms with van der Waals surface area (Å²) in [6.07, 6.45) is 60.1. The molecule has 0 spiro atoms. The Hall–Kier alpha value is -2.44. The molecule has 0 aromatic heterocycles. The first kappa shape index (κ1) is 58.6. The van der Waals surface area contributed by atoms with Crippen LogP contribution in [0.15, 0.2) is 60.8 Å². The molecule has 0 aliphatic rings. The Morgan fingerprint density at radius 3 is 1.25 bits per heavy atom. The molecule has 0 saturated heterocycles. The van der Waals surface area contributed by atoms with E-state index < -0.39 is 18.2 Å². The number of esters is 1. The van der Waals surface area contributed by atoms with Gasteiger partial charge in [0.25, 0.3) is 0 Å². The zero-order valence-electron chi connectivity index (χ0n) is 40.3. The number of carbonyl (C=O) groups excluding carboxylic acids is 2. The lowest BCUT2D eigenvalue weighted by Gasteiger charge is -2.24. The predicted molar refractivity (Wildman–Crippen MR) is 264 cm³/mol. The third-order valence-corrected chi connectivity index (χ3v) is 11.6.